The summed E-state index contributed by atoms with van der Waals surface area (Å²) in [6.07, 6.45) is 1.65. The fourth-order valence-corrected chi connectivity index (χ4v) is 2.94. The fourth-order valence-electron chi connectivity index (χ4n) is 2.94. The number of nitrogens with one attached hydrogen (secondary N) is 1. The van der Waals surface area contributed by atoms with Gasteiger partial charge in [0.1, 0.15) is 0 Å². The summed E-state index contributed by atoms with van der Waals surface area (Å²) in [5.41, 5.74) is 7.34. The Kier molecular flexibility index (Phi) is 3.20. The van der Waals surface area contributed by atoms with E-state index < -0.39 is 11.5 Å². The average Bonchev–Trinajstić information content (AvgIpc) is 2.46. The molecule has 1 fully saturated rings. The second-order valence-electron chi connectivity index (χ2n) is 5.46. The first-order valence-corrected chi connectivity index (χ1v) is 6.86. The van der Waals surface area contributed by atoms with E-state index in [1.807, 2.05) is 30.3 Å². The van der Waals surface area contributed by atoms with Gasteiger partial charge in [-0.15, -0.1) is 0 Å². The molecule has 0 atom stereocenters. The van der Waals surface area contributed by atoms with Crippen molar-refractivity contribution in [3.63, 3.8) is 0 Å². The van der Waals surface area contributed by atoms with Crippen LogP contribution in [0.25, 0.3) is 10.8 Å². The van der Waals surface area contributed by atoms with Gasteiger partial charge in [-0.1, -0.05) is 24.3 Å². The molecule has 4 N–H and O–H groups in total. The van der Waals surface area contributed by atoms with Crippen LogP contribution in [-0.2, 0) is 5.54 Å². The fraction of sp³-hybridized carbons (Fsp3) is 0.312. The van der Waals surface area contributed by atoms with E-state index in [4.69, 9.17) is 5.73 Å². The lowest BCUT2D eigenvalue weighted by Crippen LogP contribution is -2.46. The molecular formula is C16H18N2O2. The minimum atomic E-state index is -0.902. The molecule has 0 bridgehead atoms. The third-order valence-electron chi connectivity index (χ3n) is 4.16. The Labute approximate surface area is 117 Å². The van der Waals surface area contributed by atoms with Crippen LogP contribution in [0.3, 0.4) is 0 Å². The maximum absolute atomic E-state index is 11.5. The first-order valence-electron chi connectivity index (χ1n) is 6.86. The Hall–Kier alpha value is -1.91. The predicted molar refractivity (Wildman–Crippen MR) is 78.9 cm³/mol. The lowest BCUT2D eigenvalue weighted by molar-refractivity contribution is 0.0699. The van der Waals surface area contributed by atoms with Crippen LogP contribution in [0.15, 0.2) is 36.4 Å². The van der Waals surface area contributed by atoms with Crippen molar-refractivity contribution >= 4 is 16.7 Å². The number of hydrogen-bond donors (Lipinski definition) is 3. The molecule has 0 spiro atoms. The van der Waals surface area contributed by atoms with Crippen LogP contribution >= 0.6 is 0 Å². The van der Waals surface area contributed by atoms with E-state index in [0.717, 1.165) is 42.3 Å². The summed E-state index contributed by atoms with van der Waals surface area (Å²) >= 11 is 0. The zero-order valence-corrected chi connectivity index (χ0v) is 11.2. The number of nitrogens with two attached hydrogens (primary N) is 1. The number of benzene rings is 2. The van der Waals surface area contributed by atoms with Gasteiger partial charge in [-0.2, -0.15) is 0 Å². The van der Waals surface area contributed by atoms with Crippen LogP contribution in [0.5, 0.6) is 0 Å². The highest BCUT2D eigenvalue weighted by molar-refractivity contribution is 6.04. The van der Waals surface area contributed by atoms with Gasteiger partial charge < -0.3 is 16.2 Å². The Morgan fingerprint density at radius 2 is 1.90 bits per heavy atom. The molecule has 0 radical (unpaired) electrons. The van der Waals surface area contributed by atoms with Crippen LogP contribution in [-0.4, -0.2) is 24.2 Å². The molecule has 1 heterocycles. The first-order chi connectivity index (χ1) is 9.60. The molecule has 1 aliphatic heterocycles. The largest absolute Gasteiger partial charge is 0.478 e. The summed E-state index contributed by atoms with van der Waals surface area (Å²) in [4.78, 5) is 11.5. The molecule has 0 aromatic heterocycles. The standard InChI is InChI=1S/C16H18N2O2/c17-16(5-7-18-8-6-16)12-9-11-3-1-2-4-13(11)14(10-12)15(19)20/h1-4,9-10,18H,5-8,17H2,(H,19,20). The van der Waals surface area contributed by atoms with Crippen LogP contribution in [0.2, 0.25) is 0 Å². The summed E-state index contributed by atoms with van der Waals surface area (Å²) in [5, 5.41) is 14.4. The minimum absolute atomic E-state index is 0.335. The molecule has 4 heteroatoms. The number of aromatic carboxylic acids is 1. The summed E-state index contributed by atoms with van der Waals surface area (Å²) in [7, 11) is 0. The predicted octanol–water partition coefficient (Wildman–Crippen LogP) is 2.08. The normalized spacial score (nSPS) is 18.1. The van der Waals surface area contributed by atoms with Crippen LogP contribution < -0.4 is 11.1 Å². The second kappa shape index (κ2) is 4.89. The Bertz CT molecular complexity index is 661. The maximum Gasteiger partial charge on any atom is 0.336 e. The molecule has 1 aliphatic rings. The summed E-state index contributed by atoms with van der Waals surface area (Å²) < 4.78 is 0. The van der Waals surface area contributed by atoms with Crippen molar-refractivity contribution in [1.82, 2.24) is 5.32 Å². The molecule has 104 valence electrons. The molecule has 1 saturated heterocycles. The quantitative estimate of drug-likeness (QED) is 0.781. The number of fused-ring (bicyclic) bond motifs is 1. The maximum atomic E-state index is 11.5. The monoisotopic (exact) mass is 270 g/mol. The van der Waals surface area contributed by atoms with E-state index >= 15 is 0 Å². The van der Waals surface area contributed by atoms with Gasteiger partial charge in [0.15, 0.2) is 0 Å². The molecule has 2 aromatic rings. The molecule has 0 unspecified atom stereocenters. The van der Waals surface area contributed by atoms with Gasteiger partial charge in [0.2, 0.25) is 0 Å². The van der Waals surface area contributed by atoms with Crippen molar-refractivity contribution in [3.8, 4) is 0 Å². The van der Waals surface area contributed by atoms with E-state index in [1.54, 1.807) is 6.07 Å². The highest BCUT2D eigenvalue weighted by Crippen LogP contribution is 2.32. The van der Waals surface area contributed by atoms with Gasteiger partial charge in [-0.3, -0.25) is 0 Å². The smallest absolute Gasteiger partial charge is 0.336 e. The summed E-state index contributed by atoms with van der Waals surface area (Å²) in [6, 6.07) is 11.3. The van der Waals surface area contributed by atoms with E-state index in [1.165, 1.54) is 0 Å². The number of rotatable bonds is 2. The van der Waals surface area contributed by atoms with Gasteiger partial charge in [0, 0.05) is 5.54 Å². The third-order valence-corrected chi connectivity index (χ3v) is 4.16. The molecule has 0 saturated carbocycles. The first kappa shape index (κ1) is 13.1. The zero-order chi connectivity index (χ0) is 14.2. The Morgan fingerprint density at radius 3 is 2.60 bits per heavy atom. The Morgan fingerprint density at radius 1 is 1.20 bits per heavy atom. The average molecular weight is 270 g/mol. The minimum Gasteiger partial charge on any atom is -0.478 e. The molecule has 4 nitrogen and oxygen atoms in total. The number of piperidine rings is 1. The number of hydrogen-bond acceptors (Lipinski definition) is 3. The highest BCUT2D eigenvalue weighted by Gasteiger charge is 2.30. The molecule has 20 heavy (non-hydrogen) atoms. The highest BCUT2D eigenvalue weighted by atomic mass is 16.4. The molecule has 0 aliphatic carbocycles. The Balaban J connectivity index is 2.19. The van der Waals surface area contributed by atoms with Gasteiger partial charge >= 0.3 is 5.97 Å². The van der Waals surface area contributed by atoms with Crippen molar-refractivity contribution in [2.75, 3.05) is 13.1 Å². The van der Waals surface area contributed by atoms with Crippen molar-refractivity contribution in [2.24, 2.45) is 5.73 Å². The van der Waals surface area contributed by atoms with Crippen molar-refractivity contribution in [3.05, 3.63) is 47.5 Å². The van der Waals surface area contributed by atoms with Crippen molar-refractivity contribution in [2.45, 2.75) is 18.4 Å². The van der Waals surface area contributed by atoms with Gasteiger partial charge in [-0.05, 0) is 54.4 Å². The third kappa shape index (κ3) is 2.17. The van der Waals surface area contributed by atoms with Gasteiger partial charge in [-0.25, -0.2) is 4.79 Å². The molecule has 3 rings (SSSR count). The van der Waals surface area contributed by atoms with Crippen LogP contribution in [0.1, 0.15) is 28.8 Å². The molecular weight excluding hydrogens is 252 g/mol. The SMILES string of the molecule is NC1(c2cc(C(=O)O)c3ccccc3c2)CCNCC1. The van der Waals surface area contributed by atoms with E-state index in [9.17, 15) is 9.90 Å². The number of carbonyl (C=O) groups is 1. The van der Waals surface area contributed by atoms with E-state index in [0.29, 0.717) is 5.56 Å². The van der Waals surface area contributed by atoms with Crippen LogP contribution in [0.4, 0.5) is 0 Å². The molecule has 0 amide bonds. The van der Waals surface area contributed by atoms with Crippen molar-refractivity contribution in [1.29, 1.82) is 0 Å². The summed E-state index contributed by atoms with van der Waals surface area (Å²) in [6.45, 7) is 1.73. The summed E-state index contributed by atoms with van der Waals surface area (Å²) in [5.74, 6) is -0.902. The van der Waals surface area contributed by atoms with Gasteiger partial charge in [0.05, 0.1) is 5.56 Å². The molecule has 2 aromatic carbocycles. The lowest BCUT2D eigenvalue weighted by atomic mass is 9.81. The number of carboxylic acid groups (broad SMARTS) is 1. The van der Waals surface area contributed by atoms with E-state index in [-0.39, 0.29) is 0 Å². The second-order valence-corrected chi connectivity index (χ2v) is 5.46. The number of carboxylic acids is 1. The lowest BCUT2D eigenvalue weighted by Gasteiger charge is -2.34. The van der Waals surface area contributed by atoms with E-state index in [2.05, 4.69) is 5.32 Å². The van der Waals surface area contributed by atoms with Crippen LogP contribution in [0, 0.1) is 0 Å². The van der Waals surface area contributed by atoms with Crippen molar-refractivity contribution < 1.29 is 9.90 Å². The zero-order valence-electron chi connectivity index (χ0n) is 11.2. The topological polar surface area (TPSA) is 75.4 Å². The van der Waals surface area contributed by atoms with Gasteiger partial charge in [0.25, 0.3) is 0 Å².